The molecule has 0 radical (unpaired) electrons. The molecule has 1 aromatic rings. The molecule has 0 aliphatic heterocycles. The lowest BCUT2D eigenvalue weighted by Crippen LogP contribution is -2.31. The summed E-state index contributed by atoms with van der Waals surface area (Å²) in [5, 5.41) is 0. The maximum atomic E-state index is 2.61. The van der Waals surface area contributed by atoms with Crippen molar-refractivity contribution < 1.29 is 0 Å². The van der Waals surface area contributed by atoms with Crippen molar-refractivity contribution in [2.45, 2.75) is 60.9 Å². The monoisotopic (exact) mass is 275 g/mol. The Morgan fingerprint density at radius 2 is 1.15 bits per heavy atom. The van der Waals surface area contributed by atoms with Crippen LogP contribution in [0.5, 0.6) is 0 Å². The zero-order chi connectivity index (χ0) is 15.1. The van der Waals surface area contributed by atoms with Crippen molar-refractivity contribution in [1.82, 2.24) is 4.90 Å². The third-order valence-electron chi connectivity index (χ3n) is 3.58. The van der Waals surface area contributed by atoms with E-state index in [1.807, 2.05) is 0 Å². The minimum atomic E-state index is 0.730. The Labute approximate surface area is 126 Å². The summed E-state index contributed by atoms with van der Waals surface area (Å²) in [6, 6.07) is 7.15. The summed E-state index contributed by atoms with van der Waals surface area (Å²) < 4.78 is 0. The molecule has 0 saturated heterocycles. The van der Waals surface area contributed by atoms with Crippen molar-refractivity contribution in [1.29, 1.82) is 0 Å². The van der Waals surface area contributed by atoms with E-state index in [9.17, 15) is 0 Å². The van der Waals surface area contributed by atoms with Gasteiger partial charge in [-0.1, -0.05) is 59.7 Å². The fourth-order valence-corrected chi connectivity index (χ4v) is 2.83. The van der Waals surface area contributed by atoms with Crippen LogP contribution in [0.3, 0.4) is 0 Å². The van der Waals surface area contributed by atoms with Gasteiger partial charge in [-0.2, -0.15) is 0 Å². The predicted octanol–water partition coefficient (Wildman–Crippen LogP) is 4.93. The van der Waals surface area contributed by atoms with Crippen molar-refractivity contribution in [2.75, 3.05) is 13.1 Å². The lowest BCUT2D eigenvalue weighted by molar-refractivity contribution is 0.211. The first-order valence-corrected chi connectivity index (χ1v) is 8.28. The van der Waals surface area contributed by atoms with E-state index >= 15 is 0 Å². The van der Waals surface area contributed by atoms with Crippen molar-refractivity contribution in [3.8, 4) is 0 Å². The minimum absolute atomic E-state index is 0.730. The van der Waals surface area contributed by atoms with Gasteiger partial charge in [0.2, 0.25) is 0 Å². The summed E-state index contributed by atoms with van der Waals surface area (Å²) in [4.78, 5) is 2.61. The molecule has 114 valence electrons. The molecule has 1 heteroatoms. The van der Waals surface area contributed by atoms with Crippen LogP contribution < -0.4 is 0 Å². The van der Waals surface area contributed by atoms with Crippen LogP contribution in [-0.4, -0.2) is 18.0 Å². The van der Waals surface area contributed by atoms with Crippen LogP contribution in [0, 0.1) is 11.8 Å². The minimum Gasteiger partial charge on any atom is -0.299 e. The molecular weight excluding hydrogens is 242 g/mol. The molecule has 1 nitrogen and oxygen atoms in total. The van der Waals surface area contributed by atoms with Gasteiger partial charge in [0.25, 0.3) is 0 Å². The van der Waals surface area contributed by atoms with Crippen molar-refractivity contribution >= 4 is 0 Å². The fraction of sp³-hybridized carbons (Fsp3) is 0.684. The van der Waals surface area contributed by atoms with Gasteiger partial charge in [-0.05, 0) is 41.4 Å². The molecule has 0 atom stereocenters. The smallest absolute Gasteiger partial charge is 0.0234 e. The Morgan fingerprint density at radius 1 is 0.750 bits per heavy atom. The first kappa shape index (κ1) is 17.2. The molecule has 0 aromatic heterocycles. The molecular formula is C19H33N. The highest BCUT2D eigenvalue weighted by Gasteiger charge is 2.11. The Morgan fingerprint density at radius 3 is 1.50 bits per heavy atom. The maximum absolute atomic E-state index is 2.61. The molecule has 0 bridgehead atoms. The molecule has 0 N–H and O–H groups in total. The molecule has 0 spiro atoms. The van der Waals surface area contributed by atoms with Gasteiger partial charge in [-0.15, -0.1) is 0 Å². The summed E-state index contributed by atoms with van der Waals surface area (Å²) in [6.45, 7) is 17.2. The molecule has 1 rings (SSSR count). The van der Waals surface area contributed by atoms with Crippen LogP contribution in [0.25, 0.3) is 0 Å². The van der Waals surface area contributed by atoms with Crippen LogP contribution in [-0.2, 0) is 19.4 Å². The average molecular weight is 275 g/mol. The fourth-order valence-electron chi connectivity index (χ4n) is 2.83. The highest BCUT2D eigenvalue weighted by molar-refractivity contribution is 5.30. The molecule has 0 aliphatic rings. The number of rotatable bonds is 8. The average Bonchev–Trinajstić information content (AvgIpc) is 2.36. The van der Waals surface area contributed by atoms with Gasteiger partial charge in [0.05, 0.1) is 0 Å². The number of aryl methyl sites for hydroxylation is 2. The second kappa shape index (κ2) is 8.46. The Balaban J connectivity index is 2.85. The summed E-state index contributed by atoms with van der Waals surface area (Å²) in [5.41, 5.74) is 4.45. The quantitative estimate of drug-likeness (QED) is 0.650. The summed E-state index contributed by atoms with van der Waals surface area (Å²) >= 11 is 0. The number of hydrogen-bond donors (Lipinski definition) is 0. The summed E-state index contributed by atoms with van der Waals surface area (Å²) in [6.07, 6.45) is 2.27. The van der Waals surface area contributed by atoms with E-state index in [-0.39, 0.29) is 0 Å². The summed E-state index contributed by atoms with van der Waals surface area (Å²) in [5.74, 6) is 1.46. The first-order chi connectivity index (χ1) is 9.44. The molecule has 0 unspecified atom stereocenters. The maximum Gasteiger partial charge on any atom is 0.0234 e. The van der Waals surface area contributed by atoms with Crippen LogP contribution in [0.15, 0.2) is 18.2 Å². The lowest BCUT2D eigenvalue weighted by Gasteiger charge is -2.26. The molecule has 0 heterocycles. The summed E-state index contributed by atoms with van der Waals surface area (Å²) in [7, 11) is 0. The zero-order valence-electron chi connectivity index (χ0n) is 14.4. The molecule has 0 aliphatic carbocycles. The largest absolute Gasteiger partial charge is 0.299 e. The van der Waals surface area contributed by atoms with Gasteiger partial charge in [-0.3, -0.25) is 4.90 Å². The van der Waals surface area contributed by atoms with Crippen LogP contribution in [0.2, 0.25) is 0 Å². The van der Waals surface area contributed by atoms with E-state index < -0.39 is 0 Å². The second-order valence-electron chi connectivity index (χ2n) is 6.85. The van der Waals surface area contributed by atoms with E-state index in [1.54, 1.807) is 0 Å². The first-order valence-electron chi connectivity index (χ1n) is 8.28. The van der Waals surface area contributed by atoms with Crippen molar-refractivity contribution in [3.05, 3.63) is 34.9 Å². The molecule has 0 saturated carbocycles. The predicted molar refractivity (Wildman–Crippen MR) is 90.2 cm³/mol. The molecule has 20 heavy (non-hydrogen) atoms. The third kappa shape index (κ3) is 6.09. The van der Waals surface area contributed by atoms with Gasteiger partial charge in [0.1, 0.15) is 0 Å². The SMILES string of the molecule is CCc1cc(CC)cc(CN(CC(C)C)CC(C)C)c1. The topological polar surface area (TPSA) is 3.24 Å². The van der Waals surface area contributed by atoms with Gasteiger partial charge in [0, 0.05) is 19.6 Å². The number of nitrogens with zero attached hydrogens (tertiary/aromatic N) is 1. The van der Waals surface area contributed by atoms with E-state index in [1.165, 1.54) is 29.8 Å². The van der Waals surface area contributed by atoms with Crippen LogP contribution >= 0.6 is 0 Å². The van der Waals surface area contributed by atoms with Gasteiger partial charge in [-0.25, -0.2) is 0 Å². The van der Waals surface area contributed by atoms with Gasteiger partial charge >= 0.3 is 0 Å². The molecule has 1 aromatic carbocycles. The van der Waals surface area contributed by atoms with Crippen molar-refractivity contribution in [3.63, 3.8) is 0 Å². The van der Waals surface area contributed by atoms with Gasteiger partial charge < -0.3 is 0 Å². The van der Waals surface area contributed by atoms with E-state index in [4.69, 9.17) is 0 Å². The van der Waals surface area contributed by atoms with Crippen LogP contribution in [0.1, 0.15) is 58.2 Å². The lowest BCUT2D eigenvalue weighted by atomic mass is 10.0. The third-order valence-corrected chi connectivity index (χ3v) is 3.58. The molecule has 0 fully saturated rings. The molecule has 0 amide bonds. The van der Waals surface area contributed by atoms with Gasteiger partial charge in [0.15, 0.2) is 0 Å². The van der Waals surface area contributed by atoms with Crippen LogP contribution in [0.4, 0.5) is 0 Å². The van der Waals surface area contributed by atoms with E-state index in [0.29, 0.717) is 0 Å². The number of benzene rings is 1. The van der Waals surface area contributed by atoms with E-state index in [0.717, 1.165) is 31.2 Å². The number of hydrogen-bond acceptors (Lipinski definition) is 1. The Kier molecular flexibility index (Phi) is 7.29. The Bertz CT molecular complexity index is 361. The zero-order valence-corrected chi connectivity index (χ0v) is 14.4. The van der Waals surface area contributed by atoms with E-state index in [2.05, 4.69) is 64.6 Å². The highest BCUT2D eigenvalue weighted by atomic mass is 15.1. The highest BCUT2D eigenvalue weighted by Crippen LogP contribution is 2.16. The second-order valence-corrected chi connectivity index (χ2v) is 6.85. The normalized spacial score (nSPS) is 11.8. The standard InChI is InChI=1S/C19H33N/c1-7-17-9-18(8-2)11-19(10-17)14-20(12-15(3)4)13-16(5)6/h9-11,15-16H,7-8,12-14H2,1-6H3. The Hall–Kier alpha value is -0.820. The van der Waals surface area contributed by atoms with Crippen molar-refractivity contribution in [2.24, 2.45) is 11.8 Å².